The van der Waals surface area contributed by atoms with Gasteiger partial charge in [0.2, 0.25) is 5.15 Å². The summed E-state index contributed by atoms with van der Waals surface area (Å²) in [5.74, 6) is 0.780. The second-order valence-corrected chi connectivity index (χ2v) is 4.02. The molecule has 2 rings (SSSR count). The normalized spacial score (nSPS) is 10.2. The number of rotatable bonds is 4. The minimum atomic E-state index is -0.628. The monoisotopic (exact) mass is 295 g/mol. The van der Waals surface area contributed by atoms with Crippen molar-refractivity contribution in [2.75, 3.05) is 14.2 Å². The van der Waals surface area contributed by atoms with Crippen LogP contribution in [0.25, 0.3) is 11.3 Å². The molecule has 0 aliphatic heterocycles. The first-order valence-corrected chi connectivity index (χ1v) is 5.84. The van der Waals surface area contributed by atoms with Crippen molar-refractivity contribution in [3.8, 4) is 22.8 Å². The van der Waals surface area contributed by atoms with Gasteiger partial charge in [-0.1, -0.05) is 17.7 Å². The maximum Gasteiger partial charge on any atom is 0.332 e. The lowest BCUT2D eigenvalue weighted by molar-refractivity contribution is -0.384. The van der Waals surface area contributed by atoms with Crippen molar-refractivity contribution >= 4 is 17.3 Å². The summed E-state index contributed by atoms with van der Waals surface area (Å²) in [6.07, 6.45) is 1.16. The fourth-order valence-corrected chi connectivity index (χ4v) is 1.99. The van der Waals surface area contributed by atoms with Crippen LogP contribution in [-0.2, 0) is 0 Å². The minimum absolute atomic E-state index is 0.0748. The third kappa shape index (κ3) is 2.35. The van der Waals surface area contributed by atoms with Gasteiger partial charge in [-0.05, 0) is 12.1 Å². The van der Waals surface area contributed by atoms with Crippen LogP contribution in [0.4, 0.5) is 5.69 Å². The Morgan fingerprint density at radius 2 is 2.00 bits per heavy atom. The zero-order valence-corrected chi connectivity index (χ0v) is 11.4. The van der Waals surface area contributed by atoms with Crippen LogP contribution in [0.5, 0.6) is 11.5 Å². The molecule has 0 bridgehead atoms. The van der Waals surface area contributed by atoms with Gasteiger partial charge in [-0.25, -0.2) is 9.97 Å². The van der Waals surface area contributed by atoms with Crippen LogP contribution in [0.2, 0.25) is 5.15 Å². The number of hydrogen-bond donors (Lipinski definition) is 0. The third-order valence-electron chi connectivity index (χ3n) is 2.62. The smallest absolute Gasteiger partial charge is 0.332 e. The summed E-state index contributed by atoms with van der Waals surface area (Å²) in [6.45, 7) is 0. The molecule has 1 aromatic heterocycles. The summed E-state index contributed by atoms with van der Waals surface area (Å²) >= 11 is 5.78. The Morgan fingerprint density at radius 1 is 1.25 bits per heavy atom. The number of ether oxygens (including phenoxy) is 2. The molecule has 0 fully saturated rings. The number of hydrogen-bond acceptors (Lipinski definition) is 6. The first kappa shape index (κ1) is 14.0. The summed E-state index contributed by atoms with van der Waals surface area (Å²) in [5, 5.41) is 10.9. The molecular weight excluding hydrogens is 286 g/mol. The highest BCUT2D eigenvalue weighted by Gasteiger charge is 2.26. The van der Waals surface area contributed by atoms with Gasteiger partial charge in [0.05, 0.1) is 24.7 Å². The molecule has 1 heterocycles. The molecule has 0 N–H and O–H groups in total. The Labute approximate surface area is 119 Å². The van der Waals surface area contributed by atoms with E-state index in [2.05, 4.69) is 9.97 Å². The van der Waals surface area contributed by atoms with Gasteiger partial charge in [-0.15, -0.1) is 0 Å². The van der Waals surface area contributed by atoms with E-state index in [0.29, 0.717) is 17.1 Å². The summed E-state index contributed by atoms with van der Waals surface area (Å²) in [7, 11) is 2.92. The van der Waals surface area contributed by atoms with Crippen molar-refractivity contribution in [1.82, 2.24) is 9.97 Å². The topological polar surface area (TPSA) is 87.4 Å². The van der Waals surface area contributed by atoms with E-state index >= 15 is 0 Å². The predicted octanol–water partition coefficient (Wildman–Crippen LogP) is 2.72. The zero-order valence-electron chi connectivity index (χ0n) is 10.7. The van der Waals surface area contributed by atoms with Gasteiger partial charge in [0.15, 0.2) is 17.2 Å². The van der Waals surface area contributed by atoms with Crippen LogP contribution < -0.4 is 9.47 Å². The Hall–Kier alpha value is -2.41. The number of nitrogens with zero attached hydrogens (tertiary/aromatic N) is 3. The van der Waals surface area contributed by atoms with E-state index in [9.17, 15) is 10.1 Å². The lowest BCUT2D eigenvalue weighted by atomic mass is 10.1. The summed E-state index contributed by atoms with van der Waals surface area (Å²) in [6, 6.07) is 4.99. The van der Waals surface area contributed by atoms with Gasteiger partial charge < -0.3 is 9.47 Å². The number of methoxy groups -OCH3 is 2. The van der Waals surface area contributed by atoms with E-state index < -0.39 is 4.92 Å². The molecule has 0 saturated heterocycles. The van der Waals surface area contributed by atoms with Crippen molar-refractivity contribution < 1.29 is 14.4 Å². The molecule has 0 saturated carbocycles. The highest BCUT2D eigenvalue weighted by molar-refractivity contribution is 6.31. The highest BCUT2D eigenvalue weighted by atomic mass is 35.5. The maximum absolute atomic E-state index is 11.1. The van der Waals surface area contributed by atoms with Gasteiger partial charge in [-0.2, -0.15) is 0 Å². The van der Waals surface area contributed by atoms with E-state index in [1.807, 2.05) is 0 Å². The van der Waals surface area contributed by atoms with Gasteiger partial charge >= 0.3 is 5.69 Å². The van der Waals surface area contributed by atoms with Crippen molar-refractivity contribution in [3.63, 3.8) is 0 Å². The van der Waals surface area contributed by atoms with Crippen molar-refractivity contribution in [2.24, 2.45) is 0 Å². The van der Waals surface area contributed by atoms with Gasteiger partial charge in [0.1, 0.15) is 6.33 Å². The molecular formula is C12H10ClN3O4. The molecule has 0 radical (unpaired) electrons. The van der Waals surface area contributed by atoms with E-state index in [0.717, 1.165) is 6.33 Å². The second kappa shape index (κ2) is 5.70. The molecule has 20 heavy (non-hydrogen) atoms. The Kier molecular flexibility index (Phi) is 3.99. The Morgan fingerprint density at radius 3 is 2.60 bits per heavy atom. The maximum atomic E-state index is 11.1. The molecule has 0 amide bonds. The molecule has 104 valence electrons. The molecule has 0 spiro atoms. The Balaban J connectivity index is 2.75. The number of aromatic nitrogens is 2. The fourth-order valence-electron chi connectivity index (χ4n) is 1.79. The van der Waals surface area contributed by atoms with Crippen LogP contribution >= 0.6 is 11.6 Å². The molecule has 0 aliphatic carbocycles. The van der Waals surface area contributed by atoms with E-state index in [1.54, 1.807) is 18.2 Å². The largest absolute Gasteiger partial charge is 0.493 e. The third-order valence-corrected chi connectivity index (χ3v) is 2.89. The standard InChI is InChI=1S/C12H10ClN3O4/c1-19-8-5-3-4-7(11(8)20-2)9-10(16(17)18)12(13)15-6-14-9/h3-6H,1-2H3. The first-order valence-electron chi connectivity index (χ1n) is 5.46. The van der Waals surface area contributed by atoms with Crippen molar-refractivity contribution in [3.05, 3.63) is 39.8 Å². The van der Waals surface area contributed by atoms with E-state index in [4.69, 9.17) is 21.1 Å². The number of halogens is 1. The van der Waals surface area contributed by atoms with Crippen LogP contribution in [0, 0.1) is 10.1 Å². The molecule has 2 aromatic rings. The number of benzene rings is 1. The molecule has 8 heteroatoms. The van der Waals surface area contributed by atoms with E-state index in [1.165, 1.54) is 14.2 Å². The van der Waals surface area contributed by atoms with Gasteiger partial charge in [-0.3, -0.25) is 10.1 Å². The van der Waals surface area contributed by atoms with Crippen LogP contribution in [0.3, 0.4) is 0 Å². The lowest BCUT2D eigenvalue weighted by Gasteiger charge is -2.12. The van der Waals surface area contributed by atoms with Crippen LogP contribution in [0.1, 0.15) is 0 Å². The average Bonchev–Trinajstić information content (AvgIpc) is 2.45. The predicted molar refractivity (Wildman–Crippen MR) is 72.2 cm³/mol. The quantitative estimate of drug-likeness (QED) is 0.489. The summed E-state index contributed by atoms with van der Waals surface area (Å²) in [5.41, 5.74) is 0.106. The highest BCUT2D eigenvalue weighted by Crippen LogP contribution is 2.41. The fraction of sp³-hybridized carbons (Fsp3) is 0.167. The van der Waals surface area contributed by atoms with Crippen LogP contribution in [0.15, 0.2) is 24.5 Å². The molecule has 0 unspecified atom stereocenters. The summed E-state index contributed by atoms with van der Waals surface area (Å²) < 4.78 is 10.4. The molecule has 7 nitrogen and oxygen atoms in total. The zero-order chi connectivity index (χ0) is 14.7. The van der Waals surface area contributed by atoms with Crippen LogP contribution in [-0.4, -0.2) is 29.1 Å². The SMILES string of the molecule is COc1cccc(-c2ncnc(Cl)c2[N+](=O)[O-])c1OC. The lowest BCUT2D eigenvalue weighted by Crippen LogP contribution is -2.00. The van der Waals surface area contributed by atoms with Crippen molar-refractivity contribution in [1.29, 1.82) is 0 Å². The molecule has 1 aromatic carbocycles. The number of para-hydroxylation sites is 1. The van der Waals surface area contributed by atoms with Gasteiger partial charge in [0, 0.05) is 0 Å². The van der Waals surface area contributed by atoms with Gasteiger partial charge in [0.25, 0.3) is 0 Å². The molecule has 0 atom stereocenters. The average molecular weight is 296 g/mol. The Bertz CT molecular complexity index is 663. The van der Waals surface area contributed by atoms with Crippen molar-refractivity contribution in [2.45, 2.75) is 0 Å². The minimum Gasteiger partial charge on any atom is -0.493 e. The number of nitro groups is 1. The first-order chi connectivity index (χ1) is 9.60. The molecule has 0 aliphatic rings. The summed E-state index contributed by atoms with van der Waals surface area (Å²) in [4.78, 5) is 18.1. The van der Waals surface area contributed by atoms with E-state index in [-0.39, 0.29) is 16.5 Å². The second-order valence-electron chi connectivity index (χ2n) is 3.66.